The normalized spacial score (nSPS) is 20.2. The van der Waals surface area contributed by atoms with Crippen LogP contribution in [0.2, 0.25) is 10.0 Å². The number of hydrogen-bond acceptors (Lipinski definition) is 1. The van der Waals surface area contributed by atoms with Gasteiger partial charge in [-0.1, -0.05) is 61.9 Å². The van der Waals surface area contributed by atoms with Gasteiger partial charge in [0.25, 0.3) is 0 Å². The Hall–Kier alpha value is -0.240. The van der Waals surface area contributed by atoms with E-state index >= 15 is 0 Å². The van der Waals surface area contributed by atoms with E-state index in [2.05, 4.69) is 13.0 Å². The van der Waals surface area contributed by atoms with Crippen molar-refractivity contribution >= 4 is 23.2 Å². The maximum absolute atomic E-state index is 6.54. The third-order valence-corrected chi connectivity index (χ3v) is 5.29. The first-order chi connectivity index (χ1) is 9.10. The Morgan fingerprint density at radius 3 is 2.42 bits per heavy atom. The lowest BCUT2D eigenvalue weighted by Gasteiger charge is -2.43. The van der Waals surface area contributed by atoms with Gasteiger partial charge in [-0.25, -0.2) is 0 Å². The molecule has 0 amide bonds. The summed E-state index contributed by atoms with van der Waals surface area (Å²) in [6.07, 6.45) is 8.39. The summed E-state index contributed by atoms with van der Waals surface area (Å²) >= 11 is 12.2. The molecule has 0 radical (unpaired) electrons. The zero-order chi connectivity index (χ0) is 13.9. The summed E-state index contributed by atoms with van der Waals surface area (Å²) in [5.74, 6) is 0. The summed E-state index contributed by atoms with van der Waals surface area (Å²) in [5.41, 5.74) is 7.92. The molecule has 2 N–H and O–H groups in total. The van der Waals surface area contributed by atoms with E-state index in [1.165, 1.54) is 37.7 Å². The second-order valence-corrected chi connectivity index (χ2v) is 6.56. The largest absolute Gasteiger partial charge is 0.327 e. The Bertz CT molecular complexity index is 425. The molecule has 0 spiro atoms. The Labute approximate surface area is 126 Å². The van der Waals surface area contributed by atoms with Crippen LogP contribution < -0.4 is 5.73 Å². The van der Waals surface area contributed by atoms with Crippen molar-refractivity contribution in [2.75, 3.05) is 0 Å². The van der Waals surface area contributed by atoms with Crippen molar-refractivity contribution in [3.63, 3.8) is 0 Å². The molecular formula is C16H23Cl2N. The Morgan fingerprint density at radius 1 is 1.16 bits per heavy atom. The summed E-state index contributed by atoms with van der Waals surface area (Å²) in [6, 6.07) is 6.28. The predicted molar refractivity (Wildman–Crippen MR) is 84.1 cm³/mol. The maximum Gasteiger partial charge on any atom is 0.0595 e. The molecule has 0 heterocycles. The first kappa shape index (κ1) is 15.2. The molecule has 0 aliphatic heterocycles. The monoisotopic (exact) mass is 299 g/mol. The topological polar surface area (TPSA) is 26.0 Å². The van der Waals surface area contributed by atoms with Crippen LogP contribution in [-0.2, 0) is 5.41 Å². The van der Waals surface area contributed by atoms with E-state index < -0.39 is 0 Å². The lowest BCUT2D eigenvalue weighted by atomic mass is 9.64. The van der Waals surface area contributed by atoms with Crippen molar-refractivity contribution in [3.05, 3.63) is 33.8 Å². The van der Waals surface area contributed by atoms with Crippen LogP contribution in [0.3, 0.4) is 0 Å². The van der Waals surface area contributed by atoms with Crippen molar-refractivity contribution in [3.8, 4) is 0 Å². The second kappa shape index (κ2) is 6.47. The van der Waals surface area contributed by atoms with E-state index in [9.17, 15) is 0 Å². The number of nitrogens with two attached hydrogens (primary N) is 1. The smallest absolute Gasteiger partial charge is 0.0595 e. The summed E-state index contributed by atoms with van der Waals surface area (Å²) in [5, 5.41) is 1.27. The lowest BCUT2D eigenvalue weighted by molar-refractivity contribution is 0.233. The molecule has 1 aromatic rings. The van der Waals surface area contributed by atoms with Crippen LogP contribution in [0, 0.1) is 0 Å². The van der Waals surface area contributed by atoms with Crippen molar-refractivity contribution in [2.24, 2.45) is 5.73 Å². The lowest BCUT2D eigenvalue weighted by Crippen LogP contribution is -2.46. The molecule has 1 atom stereocenters. The Morgan fingerprint density at radius 2 is 1.84 bits per heavy atom. The zero-order valence-corrected chi connectivity index (χ0v) is 13.1. The van der Waals surface area contributed by atoms with E-state index in [-0.39, 0.29) is 11.5 Å². The van der Waals surface area contributed by atoms with Crippen LogP contribution >= 0.6 is 23.2 Å². The van der Waals surface area contributed by atoms with E-state index in [1.807, 2.05) is 12.1 Å². The third-order valence-electron chi connectivity index (χ3n) is 4.55. The highest BCUT2D eigenvalue weighted by Gasteiger charge is 2.39. The van der Waals surface area contributed by atoms with Gasteiger partial charge in [0.05, 0.1) is 10.0 Å². The molecule has 106 valence electrons. The van der Waals surface area contributed by atoms with Gasteiger partial charge >= 0.3 is 0 Å². The highest BCUT2D eigenvalue weighted by Crippen LogP contribution is 2.44. The average molecular weight is 300 g/mol. The SMILES string of the molecule is CCCC(N)C1(c2ccc(Cl)c(Cl)c2)CCCCC1. The molecule has 0 aromatic heterocycles. The fourth-order valence-corrected chi connectivity index (χ4v) is 3.75. The number of benzene rings is 1. The fraction of sp³-hybridized carbons (Fsp3) is 0.625. The third kappa shape index (κ3) is 3.09. The van der Waals surface area contributed by atoms with Gasteiger partial charge in [0.15, 0.2) is 0 Å². The van der Waals surface area contributed by atoms with Crippen molar-refractivity contribution in [1.82, 2.24) is 0 Å². The van der Waals surface area contributed by atoms with E-state index in [1.54, 1.807) is 0 Å². The van der Waals surface area contributed by atoms with E-state index in [0.717, 1.165) is 12.8 Å². The van der Waals surface area contributed by atoms with Crippen LogP contribution in [0.1, 0.15) is 57.4 Å². The molecule has 2 rings (SSSR count). The van der Waals surface area contributed by atoms with Gasteiger partial charge in [0, 0.05) is 11.5 Å². The molecular weight excluding hydrogens is 277 g/mol. The van der Waals surface area contributed by atoms with Crippen molar-refractivity contribution in [2.45, 2.75) is 63.3 Å². The zero-order valence-electron chi connectivity index (χ0n) is 11.6. The highest BCUT2D eigenvalue weighted by molar-refractivity contribution is 6.42. The van der Waals surface area contributed by atoms with Gasteiger partial charge in [-0.05, 0) is 37.0 Å². The quantitative estimate of drug-likeness (QED) is 0.800. The van der Waals surface area contributed by atoms with E-state index in [4.69, 9.17) is 28.9 Å². The molecule has 1 aromatic carbocycles. The molecule has 19 heavy (non-hydrogen) atoms. The molecule has 1 saturated carbocycles. The second-order valence-electron chi connectivity index (χ2n) is 5.74. The standard InChI is InChI=1S/C16H23Cl2N/c1-2-6-15(19)16(9-4-3-5-10-16)12-7-8-13(17)14(18)11-12/h7-8,11,15H,2-6,9-10,19H2,1H3. The Kier molecular flexibility index (Phi) is 5.16. The van der Waals surface area contributed by atoms with Crippen LogP contribution in [0.4, 0.5) is 0 Å². The summed E-state index contributed by atoms with van der Waals surface area (Å²) in [4.78, 5) is 0. The average Bonchev–Trinajstić information content (AvgIpc) is 2.43. The van der Waals surface area contributed by atoms with Crippen molar-refractivity contribution in [1.29, 1.82) is 0 Å². The fourth-order valence-electron chi connectivity index (χ4n) is 3.45. The van der Waals surface area contributed by atoms with Gasteiger partial charge in [-0.15, -0.1) is 0 Å². The van der Waals surface area contributed by atoms with Gasteiger partial charge < -0.3 is 5.73 Å². The van der Waals surface area contributed by atoms with Crippen LogP contribution in [0.25, 0.3) is 0 Å². The maximum atomic E-state index is 6.54. The van der Waals surface area contributed by atoms with Gasteiger partial charge in [0.1, 0.15) is 0 Å². The van der Waals surface area contributed by atoms with Gasteiger partial charge in [-0.3, -0.25) is 0 Å². The highest BCUT2D eigenvalue weighted by atomic mass is 35.5. The molecule has 1 nitrogen and oxygen atoms in total. The Balaban J connectivity index is 2.38. The molecule has 0 saturated heterocycles. The molecule has 3 heteroatoms. The van der Waals surface area contributed by atoms with E-state index in [0.29, 0.717) is 10.0 Å². The molecule has 0 bridgehead atoms. The summed E-state index contributed by atoms with van der Waals surface area (Å²) < 4.78 is 0. The van der Waals surface area contributed by atoms with Gasteiger partial charge in [-0.2, -0.15) is 0 Å². The first-order valence-corrected chi connectivity index (χ1v) is 8.07. The van der Waals surface area contributed by atoms with Crippen LogP contribution in [0.15, 0.2) is 18.2 Å². The van der Waals surface area contributed by atoms with Gasteiger partial charge in [0.2, 0.25) is 0 Å². The van der Waals surface area contributed by atoms with Crippen LogP contribution in [-0.4, -0.2) is 6.04 Å². The first-order valence-electron chi connectivity index (χ1n) is 7.31. The summed E-state index contributed by atoms with van der Waals surface area (Å²) in [7, 11) is 0. The van der Waals surface area contributed by atoms with Crippen molar-refractivity contribution < 1.29 is 0 Å². The minimum atomic E-state index is 0.0997. The number of halogens is 2. The minimum Gasteiger partial charge on any atom is -0.327 e. The molecule has 1 aliphatic carbocycles. The van der Waals surface area contributed by atoms with Crippen LogP contribution in [0.5, 0.6) is 0 Å². The molecule has 1 fully saturated rings. The summed E-state index contributed by atoms with van der Waals surface area (Å²) in [6.45, 7) is 2.20. The molecule has 1 aliphatic rings. The minimum absolute atomic E-state index is 0.0997. The number of hydrogen-bond donors (Lipinski definition) is 1. The molecule has 1 unspecified atom stereocenters. The number of rotatable bonds is 4. The predicted octanol–water partition coefficient (Wildman–Crippen LogP) is 5.32.